The second-order valence-electron chi connectivity index (χ2n) is 8.56. The predicted molar refractivity (Wildman–Crippen MR) is 133 cm³/mol. The Morgan fingerprint density at radius 3 is 1.92 bits per heavy atom. The summed E-state index contributed by atoms with van der Waals surface area (Å²) in [5, 5.41) is 16.7. The molecule has 0 aliphatic carbocycles. The van der Waals surface area contributed by atoms with Crippen LogP contribution in [0.5, 0.6) is 0 Å². The van der Waals surface area contributed by atoms with Gasteiger partial charge in [0, 0.05) is 13.0 Å². The summed E-state index contributed by atoms with van der Waals surface area (Å²) < 4.78 is 0. The number of nitrogens with two attached hydrogens (primary N) is 5. The first-order chi connectivity index (χ1) is 17.2. The van der Waals surface area contributed by atoms with E-state index >= 15 is 0 Å². The summed E-state index contributed by atoms with van der Waals surface area (Å²) in [6.45, 7) is 3.57. The van der Waals surface area contributed by atoms with Gasteiger partial charge in [-0.2, -0.15) is 0 Å². The maximum atomic E-state index is 13.1. The lowest BCUT2D eigenvalue weighted by atomic mass is 9.96. The van der Waals surface area contributed by atoms with Crippen LogP contribution >= 0.6 is 0 Å². The molecule has 210 valence electrons. The van der Waals surface area contributed by atoms with Crippen LogP contribution in [0.2, 0.25) is 0 Å². The monoisotopic (exact) mass is 529 g/mol. The van der Waals surface area contributed by atoms with E-state index in [4.69, 9.17) is 28.7 Å². The first kappa shape index (κ1) is 33.0. The van der Waals surface area contributed by atoms with E-state index < -0.39 is 72.0 Å². The highest BCUT2D eigenvalue weighted by Crippen LogP contribution is 2.11. The van der Waals surface area contributed by atoms with Crippen molar-refractivity contribution >= 4 is 41.5 Å². The minimum absolute atomic E-state index is 0.0445. The third-order valence-corrected chi connectivity index (χ3v) is 5.42. The lowest BCUT2D eigenvalue weighted by Gasteiger charge is -2.28. The fourth-order valence-corrected chi connectivity index (χ4v) is 3.12. The molecule has 16 nitrogen and oxygen atoms in total. The number of primary amides is 2. The Morgan fingerprint density at radius 2 is 1.43 bits per heavy atom. The standard InChI is InChI=1S/C21H39N9O7/c1-3-10(2)16(19(35)29-13(20(36)37)6-7-14(23)31)30-18(34)12(5-4-8-27-21(25)26)28-17(33)11(22)9-15(24)32/h10-13,16H,3-9,22H2,1-2H3,(H2,23,31)(H2,24,32)(H,28,33)(H,29,35)(H,30,34)(H,36,37)(H4,25,26,27). The van der Waals surface area contributed by atoms with Crippen molar-refractivity contribution in [2.24, 2.45) is 39.6 Å². The highest BCUT2D eigenvalue weighted by Gasteiger charge is 2.32. The highest BCUT2D eigenvalue weighted by molar-refractivity contribution is 5.95. The van der Waals surface area contributed by atoms with Crippen molar-refractivity contribution in [1.82, 2.24) is 16.0 Å². The number of carbonyl (C=O) groups excluding carboxylic acids is 5. The van der Waals surface area contributed by atoms with Gasteiger partial charge < -0.3 is 49.7 Å². The summed E-state index contributed by atoms with van der Waals surface area (Å²) in [6, 6.07) is -5.08. The Kier molecular flexibility index (Phi) is 14.9. The largest absolute Gasteiger partial charge is 0.480 e. The molecule has 0 fully saturated rings. The Hall–Kier alpha value is -3.95. The number of hydrogen-bond acceptors (Lipinski definition) is 8. The quantitative estimate of drug-likeness (QED) is 0.0472. The normalized spacial score (nSPS) is 14.7. The molecule has 5 unspecified atom stereocenters. The van der Waals surface area contributed by atoms with E-state index in [0.717, 1.165) is 0 Å². The van der Waals surface area contributed by atoms with Crippen molar-refractivity contribution in [2.45, 2.75) is 76.5 Å². The van der Waals surface area contributed by atoms with Crippen molar-refractivity contribution < 1.29 is 33.9 Å². The van der Waals surface area contributed by atoms with Gasteiger partial charge in [0.2, 0.25) is 29.5 Å². The molecule has 37 heavy (non-hydrogen) atoms. The van der Waals surface area contributed by atoms with Crippen molar-refractivity contribution in [2.75, 3.05) is 6.54 Å². The number of nitrogens with one attached hydrogen (secondary N) is 3. The molecule has 0 heterocycles. The number of guanidine groups is 1. The van der Waals surface area contributed by atoms with Gasteiger partial charge in [0.15, 0.2) is 5.96 Å². The smallest absolute Gasteiger partial charge is 0.326 e. The minimum atomic E-state index is -1.41. The average molecular weight is 530 g/mol. The van der Waals surface area contributed by atoms with Crippen LogP contribution in [0.4, 0.5) is 0 Å². The van der Waals surface area contributed by atoms with Crippen LogP contribution in [0.1, 0.15) is 52.4 Å². The molecule has 16 heteroatoms. The summed E-state index contributed by atoms with van der Waals surface area (Å²) in [6.07, 6.45) is -0.221. The second-order valence-corrected chi connectivity index (χ2v) is 8.56. The Labute approximate surface area is 214 Å². The third kappa shape index (κ3) is 13.6. The fourth-order valence-electron chi connectivity index (χ4n) is 3.12. The van der Waals surface area contributed by atoms with Gasteiger partial charge in [0.25, 0.3) is 0 Å². The molecule has 5 atom stereocenters. The molecule has 0 saturated carbocycles. The Morgan fingerprint density at radius 1 is 0.838 bits per heavy atom. The molecule has 0 aromatic rings. The molecule has 0 saturated heterocycles. The van der Waals surface area contributed by atoms with Crippen LogP contribution in [-0.4, -0.2) is 77.3 Å². The molecule has 0 aliphatic rings. The molecular formula is C21H39N9O7. The van der Waals surface area contributed by atoms with Crippen LogP contribution in [0.15, 0.2) is 4.99 Å². The van der Waals surface area contributed by atoms with E-state index in [1.165, 1.54) is 0 Å². The van der Waals surface area contributed by atoms with Gasteiger partial charge in [-0.15, -0.1) is 0 Å². The summed E-state index contributed by atoms with van der Waals surface area (Å²) in [4.78, 5) is 75.9. The van der Waals surface area contributed by atoms with Crippen LogP contribution < -0.4 is 44.6 Å². The van der Waals surface area contributed by atoms with E-state index in [2.05, 4.69) is 20.9 Å². The summed E-state index contributed by atoms with van der Waals surface area (Å²) in [7, 11) is 0. The van der Waals surface area contributed by atoms with Crippen molar-refractivity contribution in [3.05, 3.63) is 0 Å². The maximum absolute atomic E-state index is 13.1. The van der Waals surface area contributed by atoms with Gasteiger partial charge in [0.1, 0.15) is 18.1 Å². The molecule has 0 aromatic carbocycles. The molecule has 0 rings (SSSR count). The third-order valence-electron chi connectivity index (χ3n) is 5.42. The maximum Gasteiger partial charge on any atom is 0.326 e. The van der Waals surface area contributed by atoms with Crippen molar-refractivity contribution in [3.8, 4) is 0 Å². The number of nitrogens with zero attached hydrogens (tertiary/aromatic N) is 1. The van der Waals surface area contributed by atoms with Gasteiger partial charge in [-0.1, -0.05) is 20.3 Å². The van der Waals surface area contributed by atoms with Crippen LogP contribution in [0.3, 0.4) is 0 Å². The van der Waals surface area contributed by atoms with Gasteiger partial charge in [-0.3, -0.25) is 29.0 Å². The molecule has 0 aromatic heterocycles. The number of amides is 5. The van der Waals surface area contributed by atoms with E-state index in [1.807, 2.05) is 0 Å². The van der Waals surface area contributed by atoms with Gasteiger partial charge >= 0.3 is 5.97 Å². The zero-order valence-electron chi connectivity index (χ0n) is 21.1. The zero-order valence-corrected chi connectivity index (χ0v) is 21.1. The van der Waals surface area contributed by atoms with Crippen LogP contribution in [0.25, 0.3) is 0 Å². The number of aliphatic carboxylic acids is 1. The fraction of sp³-hybridized carbons (Fsp3) is 0.667. The van der Waals surface area contributed by atoms with Gasteiger partial charge in [-0.25, -0.2) is 4.79 Å². The summed E-state index contributed by atoms with van der Waals surface area (Å²) in [5.74, 6) is -5.89. The highest BCUT2D eigenvalue weighted by atomic mass is 16.4. The predicted octanol–water partition coefficient (Wildman–Crippen LogP) is -3.91. The van der Waals surface area contributed by atoms with Crippen LogP contribution in [0, 0.1) is 5.92 Å². The minimum Gasteiger partial charge on any atom is -0.480 e. The molecule has 0 spiro atoms. The molecular weight excluding hydrogens is 490 g/mol. The lowest BCUT2D eigenvalue weighted by Crippen LogP contribution is -2.58. The number of rotatable bonds is 18. The lowest BCUT2D eigenvalue weighted by molar-refractivity contribution is -0.143. The number of hydrogen-bond donors (Lipinski definition) is 9. The van der Waals surface area contributed by atoms with Crippen LogP contribution in [-0.2, 0) is 28.8 Å². The molecule has 0 aliphatic heterocycles. The van der Waals surface area contributed by atoms with E-state index in [-0.39, 0.29) is 38.2 Å². The molecule has 14 N–H and O–H groups in total. The number of carbonyl (C=O) groups is 6. The van der Waals surface area contributed by atoms with Crippen molar-refractivity contribution in [3.63, 3.8) is 0 Å². The van der Waals surface area contributed by atoms with E-state index in [1.54, 1.807) is 13.8 Å². The molecule has 0 bridgehead atoms. The summed E-state index contributed by atoms with van der Waals surface area (Å²) in [5.41, 5.74) is 26.4. The number of carboxylic acids is 1. The summed E-state index contributed by atoms with van der Waals surface area (Å²) >= 11 is 0. The SMILES string of the molecule is CCC(C)C(NC(=O)C(CCCN=C(N)N)NC(=O)C(N)CC(N)=O)C(=O)NC(CCC(N)=O)C(=O)O. The average Bonchev–Trinajstić information content (AvgIpc) is 2.79. The Bertz CT molecular complexity index is 861. The van der Waals surface area contributed by atoms with Gasteiger partial charge in [0.05, 0.1) is 12.5 Å². The molecule has 5 amide bonds. The zero-order chi connectivity index (χ0) is 28.7. The first-order valence-corrected chi connectivity index (χ1v) is 11.7. The Balaban J connectivity index is 5.68. The van der Waals surface area contributed by atoms with Crippen molar-refractivity contribution in [1.29, 1.82) is 0 Å². The molecule has 0 radical (unpaired) electrons. The topological polar surface area (TPSA) is 301 Å². The van der Waals surface area contributed by atoms with E-state index in [0.29, 0.717) is 6.42 Å². The van der Waals surface area contributed by atoms with Gasteiger partial charge in [-0.05, 0) is 25.2 Å². The van der Waals surface area contributed by atoms with E-state index in [9.17, 15) is 33.9 Å². The second kappa shape index (κ2) is 16.7. The number of carboxylic acid groups (broad SMARTS) is 1. The first-order valence-electron chi connectivity index (χ1n) is 11.7. The number of aliphatic imine (C=N–C) groups is 1.